The maximum atomic E-state index is 15.0. The lowest BCUT2D eigenvalue weighted by Gasteiger charge is -2.32. The Bertz CT molecular complexity index is 622. The van der Waals surface area contributed by atoms with E-state index < -0.39 is 18.3 Å². The van der Waals surface area contributed by atoms with E-state index in [4.69, 9.17) is 9.31 Å². The number of benzene rings is 1. The summed E-state index contributed by atoms with van der Waals surface area (Å²) in [7, 11) is -0.957. The highest BCUT2D eigenvalue weighted by Gasteiger charge is 2.53. The number of rotatable bonds is 3. The Hall–Kier alpha value is -0.645. The van der Waals surface area contributed by atoms with Gasteiger partial charge in [-0.1, -0.05) is 35.8 Å². The van der Waals surface area contributed by atoms with Crippen LogP contribution in [0.5, 0.6) is 0 Å². The molecule has 0 aliphatic carbocycles. The summed E-state index contributed by atoms with van der Waals surface area (Å²) in [5.74, 6) is 0.374. The van der Waals surface area contributed by atoms with Gasteiger partial charge in [-0.05, 0) is 69.4 Å². The van der Waals surface area contributed by atoms with E-state index in [1.54, 1.807) is 6.92 Å². The second-order valence-electron chi connectivity index (χ2n) is 7.49. The molecule has 0 bridgehead atoms. The molecule has 0 amide bonds. The van der Waals surface area contributed by atoms with Crippen LogP contribution in [0.4, 0.5) is 4.39 Å². The first-order valence-electron chi connectivity index (χ1n) is 7.97. The first kappa shape index (κ1) is 18.7. The fourth-order valence-electron chi connectivity index (χ4n) is 2.42. The van der Waals surface area contributed by atoms with Crippen molar-refractivity contribution in [2.45, 2.75) is 65.6 Å². The third-order valence-electron chi connectivity index (χ3n) is 4.84. The first-order valence-corrected chi connectivity index (χ1v) is 8.76. The van der Waals surface area contributed by atoms with Crippen molar-refractivity contribution in [2.24, 2.45) is 0 Å². The summed E-state index contributed by atoms with van der Waals surface area (Å²) in [6.45, 7) is 13.7. The van der Waals surface area contributed by atoms with Gasteiger partial charge in [0.05, 0.1) is 11.2 Å². The Morgan fingerprint density at radius 3 is 2.09 bits per heavy atom. The van der Waals surface area contributed by atoms with E-state index in [0.717, 1.165) is 15.6 Å². The van der Waals surface area contributed by atoms with Gasteiger partial charge in [0.1, 0.15) is 5.73 Å². The molecule has 1 heterocycles. The molecule has 0 N–H and O–H groups in total. The molecule has 2 rings (SSSR count). The molecular formula is C18H25BBrFO2. The van der Waals surface area contributed by atoms with Crippen molar-refractivity contribution >= 4 is 28.6 Å². The largest absolute Gasteiger partial charge is 0.525 e. The first-order chi connectivity index (χ1) is 10.4. The molecule has 0 radical (unpaired) electrons. The summed E-state index contributed by atoms with van der Waals surface area (Å²) in [4.78, 5) is 0. The molecule has 0 spiro atoms. The van der Waals surface area contributed by atoms with Gasteiger partial charge in [-0.15, -0.1) is 0 Å². The van der Waals surface area contributed by atoms with Crippen molar-refractivity contribution in [3.05, 3.63) is 39.5 Å². The van der Waals surface area contributed by atoms with Gasteiger partial charge in [-0.3, -0.25) is 0 Å². The van der Waals surface area contributed by atoms with Crippen LogP contribution in [0.2, 0.25) is 0 Å². The van der Waals surface area contributed by atoms with Crippen molar-refractivity contribution in [2.75, 3.05) is 0 Å². The normalized spacial score (nSPS) is 20.9. The Labute approximate surface area is 147 Å². The molecule has 1 aliphatic heterocycles. The van der Waals surface area contributed by atoms with E-state index in [0.29, 0.717) is 11.5 Å². The predicted molar refractivity (Wildman–Crippen MR) is 98.0 cm³/mol. The fraction of sp³-hybridized carbons (Fsp3) is 0.556. The summed E-state index contributed by atoms with van der Waals surface area (Å²) < 4.78 is 27.5. The fourth-order valence-corrected chi connectivity index (χ4v) is 2.93. The van der Waals surface area contributed by atoms with Crippen LogP contribution in [0.1, 0.15) is 65.5 Å². The molecule has 23 heavy (non-hydrogen) atoms. The Morgan fingerprint density at radius 2 is 1.61 bits per heavy atom. The standard InChI is InChI=1S/C18H25BBrFO2/c1-11(2)13-8-14(10-15(20)9-13)12(3)16(21)19-22-17(4,5)18(6,7)23-19/h8-11H,1-7H3. The maximum absolute atomic E-state index is 15.0. The van der Waals surface area contributed by atoms with Gasteiger partial charge in [-0.2, -0.15) is 0 Å². The van der Waals surface area contributed by atoms with Crippen molar-refractivity contribution in [3.63, 3.8) is 0 Å². The molecule has 1 fully saturated rings. The smallest absolute Gasteiger partial charge is 0.398 e. The summed E-state index contributed by atoms with van der Waals surface area (Å²) in [5.41, 5.74) is 1.10. The Morgan fingerprint density at radius 1 is 1.09 bits per heavy atom. The van der Waals surface area contributed by atoms with E-state index in [-0.39, 0.29) is 5.73 Å². The van der Waals surface area contributed by atoms with Gasteiger partial charge in [0.2, 0.25) is 0 Å². The van der Waals surface area contributed by atoms with Gasteiger partial charge in [-0.25, -0.2) is 4.39 Å². The van der Waals surface area contributed by atoms with E-state index >= 15 is 0 Å². The lowest BCUT2D eigenvalue weighted by Crippen LogP contribution is -2.41. The monoisotopic (exact) mass is 382 g/mol. The van der Waals surface area contributed by atoms with Crippen molar-refractivity contribution in [1.29, 1.82) is 0 Å². The zero-order chi connectivity index (χ0) is 17.6. The van der Waals surface area contributed by atoms with E-state index in [1.165, 1.54) is 0 Å². The zero-order valence-electron chi connectivity index (χ0n) is 15.0. The van der Waals surface area contributed by atoms with Crippen LogP contribution < -0.4 is 0 Å². The molecular weight excluding hydrogens is 358 g/mol. The van der Waals surface area contributed by atoms with E-state index in [9.17, 15) is 4.39 Å². The molecule has 0 aromatic heterocycles. The zero-order valence-corrected chi connectivity index (χ0v) is 16.5. The third kappa shape index (κ3) is 3.72. The highest BCUT2D eigenvalue weighted by molar-refractivity contribution is 9.10. The van der Waals surface area contributed by atoms with Crippen LogP contribution in [0.3, 0.4) is 0 Å². The van der Waals surface area contributed by atoms with E-state index in [1.807, 2.05) is 39.8 Å². The lowest BCUT2D eigenvalue weighted by atomic mass is 9.83. The third-order valence-corrected chi connectivity index (χ3v) is 5.30. The molecule has 1 aromatic carbocycles. The minimum absolute atomic E-state index is 0.364. The maximum Gasteiger partial charge on any atom is 0.525 e. The highest BCUT2D eigenvalue weighted by atomic mass is 79.9. The summed E-state index contributed by atoms with van der Waals surface area (Å²) in [6.07, 6.45) is 0. The van der Waals surface area contributed by atoms with Crippen molar-refractivity contribution in [1.82, 2.24) is 0 Å². The van der Waals surface area contributed by atoms with Gasteiger partial charge >= 0.3 is 7.12 Å². The molecule has 5 heteroatoms. The minimum atomic E-state index is -0.957. The van der Waals surface area contributed by atoms with Crippen LogP contribution in [0, 0.1) is 0 Å². The SMILES string of the molecule is CC(=C(F)B1OC(C)(C)C(C)(C)O1)c1cc(Br)cc(C(C)C)c1. The van der Waals surface area contributed by atoms with Crippen LogP contribution in [-0.4, -0.2) is 18.3 Å². The van der Waals surface area contributed by atoms with Gasteiger partial charge in [0.25, 0.3) is 0 Å². The molecule has 1 aromatic rings. The quantitative estimate of drug-likeness (QED) is 0.605. The molecule has 0 unspecified atom stereocenters. The molecule has 0 atom stereocenters. The highest BCUT2D eigenvalue weighted by Crippen LogP contribution is 2.40. The van der Waals surface area contributed by atoms with Crippen molar-refractivity contribution in [3.8, 4) is 0 Å². The predicted octanol–water partition coefficient (Wildman–Crippen LogP) is 5.90. The average Bonchev–Trinajstić information content (AvgIpc) is 2.65. The number of hydrogen-bond acceptors (Lipinski definition) is 2. The molecule has 0 saturated carbocycles. The van der Waals surface area contributed by atoms with Crippen LogP contribution in [-0.2, 0) is 9.31 Å². The van der Waals surface area contributed by atoms with Crippen LogP contribution in [0.25, 0.3) is 5.57 Å². The number of halogens is 2. The van der Waals surface area contributed by atoms with Gasteiger partial charge in [0, 0.05) is 4.47 Å². The summed E-state index contributed by atoms with van der Waals surface area (Å²) in [5, 5.41) is 0. The topological polar surface area (TPSA) is 18.5 Å². The molecule has 1 aliphatic rings. The van der Waals surface area contributed by atoms with Gasteiger partial charge < -0.3 is 9.31 Å². The average molecular weight is 383 g/mol. The Balaban J connectivity index is 2.39. The number of allylic oxidation sites excluding steroid dienone is 1. The second-order valence-corrected chi connectivity index (χ2v) is 8.40. The molecule has 126 valence electrons. The molecule has 2 nitrogen and oxygen atoms in total. The summed E-state index contributed by atoms with van der Waals surface area (Å²) >= 11 is 3.51. The van der Waals surface area contributed by atoms with Gasteiger partial charge in [0.15, 0.2) is 0 Å². The van der Waals surface area contributed by atoms with Crippen molar-refractivity contribution < 1.29 is 13.7 Å². The number of hydrogen-bond donors (Lipinski definition) is 0. The van der Waals surface area contributed by atoms with E-state index in [2.05, 4.69) is 35.8 Å². The molecule has 1 saturated heterocycles. The van der Waals surface area contributed by atoms with Crippen LogP contribution in [0.15, 0.2) is 28.4 Å². The second kappa shape index (κ2) is 6.34. The van der Waals surface area contributed by atoms with Crippen LogP contribution >= 0.6 is 15.9 Å². The minimum Gasteiger partial charge on any atom is -0.398 e. The lowest BCUT2D eigenvalue weighted by molar-refractivity contribution is 0.00578. The summed E-state index contributed by atoms with van der Waals surface area (Å²) in [6, 6.07) is 6.01. The Kier molecular flexibility index (Phi) is 5.15.